The zero-order valence-corrected chi connectivity index (χ0v) is 9.82. The first kappa shape index (κ1) is 13.4. The van der Waals surface area contributed by atoms with Crippen molar-refractivity contribution in [2.24, 2.45) is 0 Å². The largest absolute Gasteiger partial charge is 0.494 e. The van der Waals surface area contributed by atoms with Crippen LogP contribution in [0.5, 0.6) is 5.75 Å². The smallest absolute Gasteiger partial charge is 0.315 e. The number of halogens is 2. The SMILES string of the molecule is CCOc1ccc(CN(C)C(=O)C(F)F)cc1. The van der Waals surface area contributed by atoms with E-state index < -0.39 is 12.3 Å². The van der Waals surface area contributed by atoms with E-state index in [1.807, 2.05) is 6.92 Å². The molecule has 1 aromatic rings. The first-order valence-corrected chi connectivity index (χ1v) is 5.29. The average molecular weight is 243 g/mol. The summed E-state index contributed by atoms with van der Waals surface area (Å²) >= 11 is 0. The van der Waals surface area contributed by atoms with E-state index in [2.05, 4.69) is 0 Å². The number of nitrogens with zero attached hydrogens (tertiary/aromatic N) is 1. The third-order valence-electron chi connectivity index (χ3n) is 2.22. The predicted molar refractivity (Wildman–Crippen MR) is 60.1 cm³/mol. The second-order valence-electron chi connectivity index (χ2n) is 3.57. The normalized spacial score (nSPS) is 10.4. The van der Waals surface area contributed by atoms with Gasteiger partial charge in [0, 0.05) is 13.6 Å². The van der Waals surface area contributed by atoms with Gasteiger partial charge >= 0.3 is 6.43 Å². The molecule has 0 aliphatic carbocycles. The molecule has 0 spiro atoms. The van der Waals surface area contributed by atoms with E-state index in [1.54, 1.807) is 24.3 Å². The van der Waals surface area contributed by atoms with Gasteiger partial charge in [0.2, 0.25) is 0 Å². The lowest BCUT2D eigenvalue weighted by Crippen LogP contribution is -2.31. The third kappa shape index (κ3) is 4.01. The fourth-order valence-electron chi connectivity index (χ4n) is 1.38. The molecular formula is C12H15F2NO2. The lowest BCUT2D eigenvalue weighted by atomic mass is 10.2. The molecule has 3 nitrogen and oxygen atoms in total. The standard InChI is InChI=1S/C12H15F2NO2/c1-3-17-10-6-4-9(5-7-10)8-15(2)12(16)11(13)14/h4-7,11H,3,8H2,1-2H3. The van der Waals surface area contributed by atoms with E-state index in [1.165, 1.54) is 7.05 Å². The van der Waals surface area contributed by atoms with Crippen LogP contribution in [-0.2, 0) is 11.3 Å². The molecule has 0 aliphatic heterocycles. The highest BCUT2D eigenvalue weighted by Crippen LogP contribution is 2.13. The number of carbonyl (C=O) groups excluding carboxylic acids is 1. The Morgan fingerprint density at radius 3 is 2.41 bits per heavy atom. The fourth-order valence-corrected chi connectivity index (χ4v) is 1.38. The van der Waals surface area contributed by atoms with Gasteiger partial charge in [0.05, 0.1) is 6.61 Å². The molecule has 1 rings (SSSR count). The van der Waals surface area contributed by atoms with E-state index in [-0.39, 0.29) is 6.54 Å². The molecule has 0 saturated heterocycles. The average Bonchev–Trinajstić information content (AvgIpc) is 2.30. The maximum absolute atomic E-state index is 12.1. The van der Waals surface area contributed by atoms with Gasteiger partial charge in [-0.3, -0.25) is 4.79 Å². The van der Waals surface area contributed by atoms with Gasteiger partial charge in [0.1, 0.15) is 5.75 Å². The molecule has 0 radical (unpaired) electrons. The van der Waals surface area contributed by atoms with Crippen molar-refractivity contribution in [2.75, 3.05) is 13.7 Å². The summed E-state index contributed by atoms with van der Waals surface area (Å²) in [5.41, 5.74) is 0.782. The summed E-state index contributed by atoms with van der Waals surface area (Å²) in [6.45, 7) is 2.61. The minimum Gasteiger partial charge on any atom is -0.494 e. The van der Waals surface area contributed by atoms with Gasteiger partial charge in [-0.1, -0.05) is 12.1 Å². The molecule has 5 heteroatoms. The molecule has 94 valence electrons. The molecule has 17 heavy (non-hydrogen) atoms. The Morgan fingerprint density at radius 2 is 1.94 bits per heavy atom. The van der Waals surface area contributed by atoms with Crippen molar-refractivity contribution >= 4 is 5.91 Å². The minimum atomic E-state index is -2.96. The van der Waals surface area contributed by atoms with Crippen LogP contribution in [0.4, 0.5) is 8.78 Å². The van der Waals surface area contributed by atoms with Gasteiger partial charge < -0.3 is 9.64 Å². The number of hydrogen-bond acceptors (Lipinski definition) is 2. The maximum Gasteiger partial charge on any atom is 0.315 e. The molecule has 0 aliphatic rings. The first-order chi connectivity index (χ1) is 8.04. The summed E-state index contributed by atoms with van der Waals surface area (Å²) in [6, 6.07) is 7.00. The second kappa shape index (κ2) is 6.18. The summed E-state index contributed by atoms with van der Waals surface area (Å²) in [4.78, 5) is 12.0. The first-order valence-electron chi connectivity index (χ1n) is 5.29. The Labute approximate surface area is 99.0 Å². The van der Waals surface area contributed by atoms with Crippen LogP contribution in [-0.4, -0.2) is 30.9 Å². The number of amides is 1. The molecule has 0 atom stereocenters. The van der Waals surface area contributed by atoms with Crippen molar-refractivity contribution in [3.8, 4) is 5.75 Å². The van der Waals surface area contributed by atoms with Gasteiger partial charge in [-0.25, -0.2) is 0 Å². The number of carbonyl (C=O) groups is 1. The quantitative estimate of drug-likeness (QED) is 0.794. The summed E-state index contributed by atoms with van der Waals surface area (Å²) in [5, 5.41) is 0. The monoisotopic (exact) mass is 243 g/mol. The molecule has 0 heterocycles. The van der Waals surface area contributed by atoms with Crippen molar-refractivity contribution < 1.29 is 18.3 Å². The molecule has 0 saturated carbocycles. The van der Waals surface area contributed by atoms with Crippen LogP contribution in [0.1, 0.15) is 12.5 Å². The van der Waals surface area contributed by atoms with Crippen LogP contribution >= 0.6 is 0 Å². The number of alkyl halides is 2. The summed E-state index contributed by atoms with van der Waals surface area (Å²) in [5.74, 6) is -0.446. The van der Waals surface area contributed by atoms with Crippen molar-refractivity contribution in [1.29, 1.82) is 0 Å². The van der Waals surface area contributed by atoms with Crippen LogP contribution in [0.15, 0.2) is 24.3 Å². The highest BCUT2D eigenvalue weighted by Gasteiger charge is 2.19. The second-order valence-corrected chi connectivity index (χ2v) is 3.57. The van der Waals surface area contributed by atoms with Gasteiger partial charge in [-0.05, 0) is 24.6 Å². The molecule has 0 unspecified atom stereocenters. The number of ether oxygens (including phenoxy) is 1. The van der Waals surface area contributed by atoms with Crippen molar-refractivity contribution in [2.45, 2.75) is 19.9 Å². The van der Waals surface area contributed by atoms with Crippen molar-refractivity contribution in [3.05, 3.63) is 29.8 Å². The molecule has 0 fully saturated rings. The van der Waals surface area contributed by atoms with E-state index in [0.29, 0.717) is 6.61 Å². The molecule has 0 bridgehead atoms. The topological polar surface area (TPSA) is 29.5 Å². The van der Waals surface area contributed by atoms with Crippen molar-refractivity contribution in [1.82, 2.24) is 4.90 Å². The highest BCUT2D eigenvalue weighted by molar-refractivity contribution is 5.79. The lowest BCUT2D eigenvalue weighted by Gasteiger charge is -2.16. The zero-order chi connectivity index (χ0) is 12.8. The van der Waals surface area contributed by atoms with E-state index in [0.717, 1.165) is 16.2 Å². The molecule has 0 aromatic heterocycles. The molecule has 1 amide bonds. The summed E-state index contributed by atoms with van der Waals surface area (Å²) < 4.78 is 29.5. The number of benzene rings is 1. The highest BCUT2D eigenvalue weighted by atomic mass is 19.3. The van der Waals surface area contributed by atoms with Gasteiger partial charge in [-0.15, -0.1) is 0 Å². The molecule has 1 aromatic carbocycles. The van der Waals surface area contributed by atoms with Crippen LogP contribution < -0.4 is 4.74 Å². The van der Waals surface area contributed by atoms with Gasteiger partial charge in [-0.2, -0.15) is 8.78 Å². The Hall–Kier alpha value is -1.65. The third-order valence-corrected chi connectivity index (χ3v) is 2.22. The predicted octanol–water partition coefficient (Wildman–Crippen LogP) is 2.31. The van der Waals surface area contributed by atoms with E-state index in [9.17, 15) is 13.6 Å². The summed E-state index contributed by atoms with van der Waals surface area (Å²) in [6.07, 6.45) is -2.96. The zero-order valence-electron chi connectivity index (χ0n) is 9.82. The van der Waals surface area contributed by atoms with Crippen LogP contribution in [0, 0.1) is 0 Å². The molecular weight excluding hydrogens is 228 g/mol. The Balaban J connectivity index is 2.60. The number of hydrogen-bond donors (Lipinski definition) is 0. The van der Waals surface area contributed by atoms with Crippen LogP contribution in [0.2, 0.25) is 0 Å². The van der Waals surface area contributed by atoms with Crippen LogP contribution in [0.25, 0.3) is 0 Å². The Kier molecular flexibility index (Phi) is 4.87. The number of rotatable bonds is 5. The fraction of sp³-hybridized carbons (Fsp3) is 0.417. The minimum absolute atomic E-state index is 0.162. The molecule has 0 N–H and O–H groups in total. The Bertz CT molecular complexity index is 365. The van der Waals surface area contributed by atoms with Crippen LogP contribution in [0.3, 0.4) is 0 Å². The van der Waals surface area contributed by atoms with Gasteiger partial charge in [0.15, 0.2) is 0 Å². The van der Waals surface area contributed by atoms with E-state index in [4.69, 9.17) is 4.74 Å². The lowest BCUT2D eigenvalue weighted by molar-refractivity contribution is -0.141. The summed E-state index contributed by atoms with van der Waals surface area (Å²) in [7, 11) is 1.35. The Morgan fingerprint density at radius 1 is 1.35 bits per heavy atom. The van der Waals surface area contributed by atoms with Gasteiger partial charge in [0.25, 0.3) is 5.91 Å². The van der Waals surface area contributed by atoms with Crippen molar-refractivity contribution in [3.63, 3.8) is 0 Å². The van der Waals surface area contributed by atoms with E-state index >= 15 is 0 Å². The maximum atomic E-state index is 12.1.